The van der Waals surface area contributed by atoms with Gasteiger partial charge in [-0.15, -0.1) is 5.10 Å². The Morgan fingerprint density at radius 1 is 1.50 bits per heavy atom. The Balaban J connectivity index is 2.44. The number of hydrogen-bond donors (Lipinski definition) is 1. The molecule has 0 aromatic carbocycles. The average molecular weight is 265 g/mol. The van der Waals surface area contributed by atoms with Gasteiger partial charge in [0.2, 0.25) is 5.16 Å². The van der Waals surface area contributed by atoms with Gasteiger partial charge in [-0.1, -0.05) is 11.8 Å². The predicted molar refractivity (Wildman–Crippen MR) is 62.2 cm³/mol. The maximum absolute atomic E-state index is 10.9. The summed E-state index contributed by atoms with van der Waals surface area (Å²) in [5.74, 6) is 0.606. The zero-order chi connectivity index (χ0) is 12.0. The summed E-state index contributed by atoms with van der Waals surface area (Å²) in [5, 5.41) is 14.8. The van der Waals surface area contributed by atoms with Crippen LogP contribution in [0.2, 0.25) is 0 Å². The maximum Gasteiger partial charge on any atom is 0.209 e. The van der Waals surface area contributed by atoms with Crippen LogP contribution in [0.5, 0.6) is 0 Å². The largest absolute Gasteiger partial charge is 0.318 e. The van der Waals surface area contributed by atoms with Crippen LogP contribution in [0.3, 0.4) is 0 Å². The summed E-state index contributed by atoms with van der Waals surface area (Å²) in [6.07, 6.45) is 1.22. The summed E-state index contributed by atoms with van der Waals surface area (Å²) in [4.78, 5) is 0. The number of rotatable bonds is 7. The fourth-order valence-corrected chi connectivity index (χ4v) is 3.04. The molecular weight excluding hydrogens is 250 g/mol. The normalized spacial score (nSPS) is 11.9. The Morgan fingerprint density at radius 3 is 2.88 bits per heavy atom. The van der Waals surface area contributed by atoms with Gasteiger partial charge in [0.15, 0.2) is 0 Å². The fraction of sp³-hybridized carbons (Fsp3) is 0.857. The zero-order valence-corrected chi connectivity index (χ0v) is 10.9. The molecule has 1 aromatic heterocycles. The van der Waals surface area contributed by atoms with Gasteiger partial charge in [-0.2, -0.15) is 0 Å². The van der Waals surface area contributed by atoms with E-state index < -0.39 is 9.84 Å². The Morgan fingerprint density at radius 2 is 2.25 bits per heavy atom. The highest BCUT2D eigenvalue weighted by Crippen LogP contribution is 2.13. The second-order valence-electron chi connectivity index (χ2n) is 3.27. The second kappa shape index (κ2) is 6.16. The average Bonchev–Trinajstić information content (AvgIpc) is 2.60. The van der Waals surface area contributed by atoms with E-state index >= 15 is 0 Å². The van der Waals surface area contributed by atoms with Crippen LogP contribution in [-0.4, -0.2) is 60.0 Å². The molecule has 0 fully saturated rings. The van der Waals surface area contributed by atoms with Crippen molar-refractivity contribution < 1.29 is 8.42 Å². The van der Waals surface area contributed by atoms with Gasteiger partial charge < -0.3 is 5.32 Å². The minimum Gasteiger partial charge on any atom is -0.318 e. The van der Waals surface area contributed by atoms with Gasteiger partial charge in [0, 0.05) is 18.6 Å². The highest BCUT2D eigenvalue weighted by molar-refractivity contribution is 8.00. The molecule has 1 rings (SSSR count). The molecule has 16 heavy (non-hydrogen) atoms. The van der Waals surface area contributed by atoms with Crippen LogP contribution in [0.4, 0.5) is 0 Å². The zero-order valence-electron chi connectivity index (χ0n) is 9.25. The fourth-order valence-electron chi connectivity index (χ4n) is 0.942. The number of sulfone groups is 1. The number of aromatic nitrogens is 4. The lowest BCUT2D eigenvalue weighted by molar-refractivity contribution is 0.530. The van der Waals surface area contributed by atoms with Crippen molar-refractivity contribution in [1.82, 2.24) is 25.5 Å². The molecular formula is C7H15N5O2S2. The first kappa shape index (κ1) is 13.4. The van der Waals surface area contributed by atoms with Crippen LogP contribution >= 0.6 is 11.8 Å². The van der Waals surface area contributed by atoms with Crippen LogP contribution in [0, 0.1) is 0 Å². The van der Waals surface area contributed by atoms with Crippen LogP contribution < -0.4 is 5.32 Å². The molecule has 0 atom stereocenters. The molecule has 1 heterocycles. The minimum atomic E-state index is -2.92. The molecule has 1 N–H and O–H groups in total. The molecule has 7 nitrogen and oxygen atoms in total. The molecule has 0 aliphatic rings. The van der Waals surface area contributed by atoms with Crippen LogP contribution in [-0.2, 0) is 16.4 Å². The molecule has 0 aliphatic carbocycles. The third-order valence-corrected chi connectivity index (χ3v) is 3.92. The molecule has 0 saturated carbocycles. The molecule has 1 aromatic rings. The maximum atomic E-state index is 10.9. The van der Waals surface area contributed by atoms with Gasteiger partial charge in [-0.25, -0.2) is 13.1 Å². The second-order valence-corrected chi connectivity index (χ2v) is 6.59. The first-order valence-electron chi connectivity index (χ1n) is 4.74. The number of likely N-dealkylation sites (N-methyl/N-ethyl adjacent to an activating group) is 1. The van der Waals surface area contributed by atoms with Crippen molar-refractivity contribution in [3.8, 4) is 0 Å². The molecule has 0 unspecified atom stereocenters. The molecule has 0 saturated heterocycles. The number of nitrogens with one attached hydrogen (secondary N) is 1. The van der Waals surface area contributed by atoms with Gasteiger partial charge in [-0.3, -0.25) is 0 Å². The number of thioether (sulfide) groups is 1. The SMILES string of the molecule is CNCCn1nnnc1SCCS(C)(=O)=O. The van der Waals surface area contributed by atoms with Crippen molar-refractivity contribution in [3.63, 3.8) is 0 Å². The smallest absolute Gasteiger partial charge is 0.209 e. The summed E-state index contributed by atoms with van der Waals surface area (Å²) in [6, 6.07) is 0. The predicted octanol–water partition coefficient (Wildman–Crippen LogP) is -0.971. The molecule has 0 spiro atoms. The van der Waals surface area contributed by atoms with E-state index in [1.165, 1.54) is 18.0 Å². The van der Waals surface area contributed by atoms with Crippen molar-refractivity contribution in [2.75, 3.05) is 31.4 Å². The van der Waals surface area contributed by atoms with Crippen molar-refractivity contribution in [3.05, 3.63) is 0 Å². The topological polar surface area (TPSA) is 89.8 Å². The number of hydrogen-bond acceptors (Lipinski definition) is 7. The Hall–Kier alpha value is -0.670. The van der Waals surface area contributed by atoms with Crippen molar-refractivity contribution in [1.29, 1.82) is 0 Å². The van der Waals surface area contributed by atoms with Crippen molar-refractivity contribution in [2.24, 2.45) is 0 Å². The summed E-state index contributed by atoms with van der Waals surface area (Å²) in [6.45, 7) is 1.44. The minimum absolute atomic E-state index is 0.135. The third kappa shape index (κ3) is 4.90. The van der Waals surface area contributed by atoms with E-state index in [2.05, 4.69) is 20.8 Å². The summed E-state index contributed by atoms with van der Waals surface area (Å²) < 4.78 is 23.5. The first-order valence-corrected chi connectivity index (χ1v) is 7.79. The lowest BCUT2D eigenvalue weighted by Gasteiger charge is -2.02. The number of tetrazole rings is 1. The van der Waals surface area contributed by atoms with Crippen molar-refractivity contribution >= 4 is 21.6 Å². The molecule has 9 heteroatoms. The Labute approximate surface area is 98.9 Å². The van der Waals surface area contributed by atoms with Gasteiger partial charge in [0.1, 0.15) is 9.84 Å². The van der Waals surface area contributed by atoms with E-state index in [4.69, 9.17) is 0 Å². The summed E-state index contributed by atoms with van der Waals surface area (Å²) in [7, 11) is -1.07. The van der Waals surface area contributed by atoms with Gasteiger partial charge in [-0.05, 0) is 17.5 Å². The molecule has 0 amide bonds. The molecule has 0 radical (unpaired) electrons. The standard InChI is InChI=1S/C7H15N5O2S2/c1-8-3-4-12-7(9-10-11-12)15-5-6-16(2,13)14/h8H,3-6H2,1-2H3. The molecule has 0 aliphatic heterocycles. The van der Waals surface area contributed by atoms with Crippen molar-refractivity contribution in [2.45, 2.75) is 11.7 Å². The third-order valence-electron chi connectivity index (χ3n) is 1.76. The number of nitrogens with zero attached hydrogens (tertiary/aromatic N) is 4. The molecule has 92 valence electrons. The lowest BCUT2D eigenvalue weighted by Crippen LogP contribution is -2.16. The highest BCUT2D eigenvalue weighted by atomic mass is 32.2. The van der Waals surface area contributed by atoms with Crippen LogP contribution in [0.15, 0.2) is 5.16 Å². The lowest BCUT2D eigenvalue weighted by atomic mass is 10.6. The quantitative estimate of drug-likeness (QED) is 0.634. The van der Waals surface area contributed by atoms with Gasteiger partial charge in [0.25, 0.3) is 0 Å². The van der Waals surface area contributed by atoms with E-state index in [1.807, 2.05) is 7.05 Å². The highest BCUT2D eigenvalue weighted by Gasteiger charge is 2.08. The van der Waals surface area contributed by atoms with E-state index in [-0.39, 0.29) is 5.75 Å². The Kier molecular flexibility index (Phi) is 5.16. The first-order chi connectivity index (χ1) is 7.53. The van der Waals surface area contributed by atoms with E-state index in [9.17, 15) is 8.42 Å². The summed E-state index contributed by atoms with van der Waals surface area (Å²) >= 11 is 1.35. The van der Waals surface area contributed by atoms with E-state index in [0.717, 1.165) is 6.54 Å². The van der Waals surface area contributed by atoms with Crippen LogP contribution in [0.25, 0.3) is 0 Å². The van der Waals surface area contributed by atoms with E-state index in [1.54, 1.807) is 4.68 Å². The summed E-state index contributed by atoms with van der Waals surface area (Å²) in [5.41, 5.74) is 0. The van der Waals surface area contributed by atoms with E-state index in [0.29, 0.717) is 17.5 Å². The van der Waals surface area contributed by atoms with Gasteiger partial charge >= 0.3 is 0 Å². The molecule has 0 bridgehead atoms. The Bertz CT molecular complexity index is 416. The van der Waals surface area contributed by atoms with Crippen LogP contribution in [0.1, 0.15) is 0 Å². The van der Waals surface area contributed by atoms with Gasteiger partial charge in [0.05, 0.1) is 12.3 Å². The monoisotopic (exact) mass is 265 g/mol.